The van der Waals surface area contributed by atoms with Crippen molar-refractivity contribution in [2.75, 3.05) is 39.8 Å². The lowest BCUT2D eigenvalue weighted by molar-refractivity contribution is -0.152. The van der Waals surface area contributed by atoms with Gasteiger partial charge in [0.1, 0.15) is 0 Å². The van der Waals surface area contributed by atoms with Crippen molar-refractivity contribution in [1.82, 2.24) is 9.80 Å². The van der Waals surface area contributed by atoms with Crippen LogP contribution in [0.25, 0.3) is 0 Å². The molecular weight excluding hydrogens is 192 g/mol. The fraction of sp³-hybridized carbons (Fsp3) is 0.909. The van der Waals surface area contributed by atoms with Gasteiger partial charge in [-0.15, -0.1) is 0 Å². The molecule has 2 fully saturated rings. The summed E-state index contributed by atoms with van der Waals surface area (Å²) < 4.78 is 0. The van der Waals surface area contributed by atoms with Crippen molar-refractivity contribution in [2.24, 2.45) is 17.8 Å². The number of carbonyl (C=O) groups is 1. The summed E-state index contributed by atoms with van der Waals surface area (Å²) in [5.41, 5.74) is 0. The molecule has 2 aliphatic rings. The molecule has 4 nitrogen and oxygen atoms in total. The molecule has 0 aliphatic carbocycles. The van der Waals surface area contributed by atoms with Crippen LogP contribution in [0.3, 0.4) is 0 Å². The number of piperidine rings is 2. The van der Waals surface area contributed by atoms with E-state index in [2.05, 4.69) is 23.8 Å². The third kappa shape index (κ3) is 2.01. The van der Waals surface area contributed by atoms with Crippen molar-refractivity contribution in [3.63, 3.8) is 0 Å². The minimum atomic E-state index is -0.589. The zero-order valence-electron chi connectivity index (χ0n) is 9.52. The second-order valence-corrected chi connectivity index (χ2v) is 4.96. The van der Waals surface area contributed by atoms with Gasteiger partial charge >= 0.3 is 5.97 Å². The first-order valence-electron chi connectivity index (χ1n) is 5.75. The Bertz CT molecular complexity index is 241. The Kier molecular flexibility index (Phi) is 2.98. The Balaban J connectivity index is 2.14. The maximum atomic E-state index is 11.2. The van der Waals surface area contributed by atoms with Crippen molar-refractivity contribution in [2.45, 2.75) is 6.92 Å². The monoisotopic (exact) mass is 212 g/mol. The highest BCUT2D eigenvalue weighted by Crippen LogP contribution is 2.33. The minimum Gasteiger partial charge on any atom is -0.481 e. The molecule has 0 aromatic rings. The van der Waals surface area contributed by atoms with Crippen LogP contribution in [0, 0.1) is 17.8 Å². The highest BCUT2D eigenvalue weighted by atomic mass is 16.4. The lowest BCUT2D eigenvalue weighted by Gasteiger charge is -2.48. The van der Waals surface area contributed by atoms with Gasteiger partial charge in [-0.1, -0.05) is 6.92 Å². The van der Waals surface area contributed by atoms with Crippen molar-refractivity contribution in [3.8, 4) is 0 Å². The quantitative estimate of drug-likeness (QED) is 0.710. The molecule has 2 aliphatic heterocycles. The van der Waals surface area contributed by atoms with Gasteiger partial charge in [-0.3, -0.25) is 4.79 Å². The van der Waals surface area contributed by atoms with Crippen molar-refractivity contribution >= 4 is 5.97 Å². The highest BCUT2D eigenvalue weighted by molar-refractivity contribution is 5.71. The Morgan fingerprint density at radius 2 is 1.80 bits per heavy atom. The maximum Gasteiger partial charge on any atom is 0.307 e. The summed E-state index contributed by atoms with van der Waals surface area (Å²) in [4.78, 5) is 15.9. The molecule has 1 N–H and O–H groups in total. The SMILES string of the molecule is CCN1CC2CN(C)CC(C1)C2C(=O)O. The standard InChI is InChI=1S/C11H20N2O2/c1-3-13-6-8-4-12(2)5-9(7-13)10(8)11(14)15/h8-10H,3-7H2,1-2H3,(H,14,15). The maximum absolute atomic E-state index is 11.2. The van der Waals surface area contributed by atoms with E-state index in [1.807, 2.05) is 0 Å². The van der Waals surface area contributed by atoms with E-state index in [1.54, 1.807) is 0 Å². The fourth-order valence-electron chi connectivity index (χ4n) is 3.23. The van der Waals surface area contributed by atoms with Gasteiger partial charge in [-0.2, -0.15) is 0 Å². The van der Waals surface area contributed by atoms with Gasteiger partial charge in [0, 0.05) is 26.2 Å². The highest BCUT2D eigenvalue weighted by Gasteiger charge is 2.44. The van der Waals surface area contributed by atoms with E-state index >= 15 is 0 Å². The van der Waals surface area contributed by atoms with E-state index < -0.39 is 5.97 Å². The average Bonchev–Trinajstić information content (AvgIpc) is 2.14. The number of hydrogen-bond donors (Lipinski definition) is 1. The Morgan fingerprint density at radius 1 is 1.27 bits per heavy atom. The molecule has 2 unspecified atom stereocenters. The van der Waals surface area contributed by atoms with Crippen LogP contribution in [0.15, 0.2) is 0 Å². The molecule has 4 heteroatoms. The van der Waals surface area contributed by atoms with Crippen LogP contribution in [-0.2, 0) is 4.79 Å². The molecule has 15 heavy (non-hydrogen) atoms. The molecule has 2 heterocycles. The van der Waals surface area contributed by atoms with Crippen molar-refractivity contribution in [3.05, 3.63) is 0 Å². The normalized spacial score (nSPS) is 37.9. The van der Waals surface area contributed by atoms with Gasteiger partial charge in [0.05, 0.1) is 5.92 Å². The molecule has 2 rings (SSSR count). The molecule has 0 radical (unpaired) electrons. The van der Waals surface area contributed by atoms with Gasteiger partial charge in [-0.05, 0) is 25.4 Å². The van der Waals surface area contributed by atoms with E-state index in [1.165, 1.54) is 0 Å². The first kappa shape index (κ1) is 10.9. The summed E-state index contributed by atoms with van der Waals surface area (Å²) in [5, 5.41) is 9.25. The summed E-state index contributed by atoms with van der Waals surface area (Å²) in [6, 6.07) is 0. The number of nitrogens with zero attached hydrogens (tertiary/aromatic N) is 2. The van der Waals surface area contributed by atoms with E-state index in [-0.39, 0.29) is 5.92 Å². The first-order valence-corrected chi connectivity index (χ1v) is 5.75. The van der Waals surface area contributed by atoms with Crippen LogP contribution >= 0.6 is 0 Å². The lowest BCUT2D eigenvalue weighted by atomic mass is 9.74. The summed E-state index contributed by atoms with van der Waals surface area (Å²) in [7, 11) is 2.10. The number of carboxylic acids is 1. The minimum absolute atomic E-state index is 0.107. The molecule has 0 spiro atoms. The van der Waals surface area contributed by atoms with Crippen LogP contribution in [0.4, 0.5) is 0 Å². The number of carboxylic acid groups (broad SMARTS) is 1. The second kappa shape index (κ2) is 4.10. The van der Waals surface area contributed by atoms with Crippen LogP contribution in [0.5, 0.6) is 0 Å². The van der Waals surface area contributed by atoms with E-state index in [4.69, 9.17) is 0 Å². The van der Waals surface area contributed by atoms with Crippen LogP contribution in [0.2, 0.25) is 0 Å². The Labute approximate surface area is 90.9 Å². The average molecular weight is 212 g/mol. The molecule has 2 saturated heterocycles. The van der Waals surface area contributed by atoms with E-state index in [0.717, 1.165) is 32.7 Å². The molecule has 2 atom stereocenters. The van der Waals surface area contributed by atoms with E-state index in [0.29, 0.717) is 11.8 Å². The molecule has 0 aromatic heterocycles. The number of fused-ring (bicyclic) bond motifs is 2. The van der Waals surface area contributed by atoms with Gasteiger partial charge in [0.2, 0.25) is 0 Å². The van der Waals surface area contributed by atoms with Crippen LogP contribution in [0.1, 0.15) is 6.92 Å². The van der Waals surface area contributed by atoms with Crippen LogP contribution < -0.4 is 0 Å². The number of hydrogen-bond acceptors (Lipinski definition) is 3. The third-order valence-corrected chi connectivity index (χ3v) is 3.83. The molecule has 86 valence electrons. The molecule has 0 amide bonds. The lowest BCUT2D eigenvalue weighted by Crippen LogP contribution is -2.58. The first-order chi connectivity index (χ1) is 7.11. The number of likely N-dealkylation sites (tertiary alicyclic amines) is 2. The summed E-state index contributed by atoms with van der Waals surface area (Å²) in [6.07, 6.45) is 0. The molecule has 2 bridgehead atoms. The van der Waals surface area contributed by atoms with Crippen LogP contribution in [-0.4, -0.2) is 60.6 Å². The van der Waals surface area contributed by atoms with Crippen molar-refractivity contribution in [1.29, 1.82) is 0 Å². The summed E-state index contributed by atoms with van der Waals surface area (Å²) >= 11 is 0. The zero-order valence-corrected chi connectivity index (χ0v) is 9.52. The number of aliphatic carboxylic acids is 1. The molecule has 0 aromatic carbocycles. The second-order valence-electron chi connectivity index (χ2n) is 4.96. The topological polar surface area (TPSA) is 43.8 Å². The van der Waals surface area contributed by atoms with Gasteiger partial charge in [0.15, 0.2) is 0 Å². The summed E-state index contributed by atoms with van der Waals surface area (Å²) in [5.74, 6) is -0.0576. The fourth-order valence-corrected chi connectivity index (χ4v) is 3.23. The smallest absolute Gasteiger partial charge is 0.307 e. The predicted molar refractivity (Wildman–Crippen MR) is 57.7 cm³/mol. The third-order valence-electron chi connectivity index (χ3n) is 3.83. The predicted octanol–water partition coefficient (Wildman–Crippen LogP) is 0.201. The van der Waals surface area contributed by atoms with E-state index in [9.17, 15) is 9.90 Å². The largest absolute Gasteiger partial charge is 0.481 e. The molecular formula is C11H20N2O2. The van der Waals surface area contributed by atoms with Gasteiger partial charge < -0.3 is 14.9 Å². The van der Waals surface area contributed by atoms with Gasteiger partial charge in [-0.25, -0.2) is 0 Å². The Hall–Kier alpha value is -0.610. The summed E-state index contributed by atoms with van der Waals surface area (Å²) in [6.45, 7) is 6.97. The number of rotatable bonds is 2. The van der Waals surface area contributed by atoms with Gasteiger partial charge in [0.25, 0.3) is 0 Å². The zero-order chi connectivity index (χ0) is 11.0. The van der Waals surface area contributed by atoms with Crippen molar-refractivity contribution < 1.29 is 9.90 Å². The molecule has 0 saturated carbocycles. The Morgan fingerprint density at radius 3 is 2.20 bits per heavy atom.